The molecule has 2 atom stereocenters. The van der Waals surface area contributed by atoms with Crippen molar-refractivity contribution >= 4 is 29.0 Å². The third kappa shape index (κ3) is 1.89. The van der Waals surface area contributed by atoms with Crippen molar-refractivity contribution in [3.63, 3.8) is 0 Å². The van der Waals surface area contributed by atoms with Crippen LogP contribution in [0.1, 0.15) is 28.8 Å². The number of hydrogen-bond acceptors (Lipinski definition) is 4. The molecule has 0 bridgehead atoms. The number of benzene rings is 2. The summed E-state index contributed by atoms with van der Waals surface area (Å²) in [5, 5.41) is 0.614. The molecule has 2 aromatic carbocycles. The summed E-state index contributed by atoms with van der Waals surface area (Å²) in [5.74, 6) is -0.190. The van der Waals surface area contributed by atoms with Gasteiger partial charge in [0.15, 0.2) is 11.2 Å². The van der Waals surface area contributed by atoms with Crippen molar-refractivity contribution in [3.8, 4) is 5.75 Å². The maximum Gasteiger partial charge on any atom is 0.327 e. The minimum Gasteiger partial charge on any atom is -0.425 e. The van der Waals surface area contributed by atoms with Gasteiger partial charge in [0, 0.05) is 23.7 Å². The molecule has 5 heteroatoms. The minimum atomic E-state index is -1.18. The molecule has 3 aliphatic rings. The normalized spacial score (nSPS) is 26.9. The summed E-state index contributed by atoms with van der Waals surface area (Å²) < 4.78 is 5.63. The van der Waals surface area contributed by atoms with Crippen molar-refractivity contribution in [3.05, 3.63) is 58.6 Å². The number of nitrogens with zero attached hydrogens (tertiary/aromatic N) is 1. The Balaban J connectivity index is 1.73. The van der Waals surface area contributed by atoms with Crippen LogP contribution in [-0.4, -0.2) is 24.3 Å². The maximum absolute atomic E-state index is 13.5. The van der Waals surface area contributed by atoms with Crippen molar-refractivity contribution in [2.75, 3.05) is 11.4 Å². The zero-order valence-electron chi connectivity index (χ0n) is 13.5. The fourth-order valence-corrected chi connectivity index (χ4v) is 4.86. The van der Waals surface area contributed by atoms with Crippen LogP contribution >= 0.6 is 11.6 Å². The quantitative estimate of drug-likeness (QED) is 0.412. The fraction of sp³-hybridized carbons (Fsp3) is 0.300. The van der Waals surface area contributed by atoms with Crippen LogP contribution in [0.3, 0.4) is 0 Å². The number of ketones is 1. The Labute approximate surface area is 150 Å². The lowest BCUT2D eigenvalue weighted by atomic mass is 9.66. The number of esters is 1. The van der Waals surface area contributed by atoms with Crippen molar-refractivity contribution in [1.82, 2.24) is 0 Å². The number of rotatable bonds is 0. The average molecular weight is 354 g/mol. The lowest BCUT2D eigenvalue weighted by molar-refractivity contribution is -0.145. The standard InChI is InChI=1S/C20H16ClNO3/c21-13-7-8-15-12(10-13)11-20(17-6-3-9-22(15)17)18(23)14-4-1-2-5-16(14)25-19(20)24/h1-2,4-5,7-8,10,17H,3,6,9,11H2/t17-,20-/m1/s1. The fourth-order valence-electron chi connectivity index (χ4n) is 4.67. The number of anilines is 1. The zero-order valence-corrected chi connectivity index (χ0v) is 14.3. The van der Waals surface area contributed by atoms with E-state index in [2.05, 4.69) is 4.90 Å². The molecule has 3 aliphatic heterocycles. The van der Waals surface area contributed by atoms with Crippen molar-refractivity contribution in [2.45, 2.75) is 25.3 Å². The van der Waals surface area contributed by atoms with Gasteiger partial charge >= 0.3 is 5.97 Å². The first-order chi connectivity index (χ1) is 12.1. The van der Waals surface area contributed by atoms with Crippen LogP contribution in [0.15, 0.2) is 42.5 Å². The molecule has 0 amide bonds. The summed E-state index contributed by atoms with van der Waals surface area (Å²) in [6, 6.07) is 12.6. The van der Waals surface area contributed by atoms with Crippen molar-refractivity contribution in [1.29, 1.82) is 0 Å². The number of halogens is 1. The molecule has 25 heavy (non-hydrogen) atoms. The van der Waals surface area contributed by atoms with E-state index in [0.29, 0.717) is 22.8 Å². The summed E-state index contributed by atoms with van der Waals surface area (Å²) in [6.45, 7) is 0.837. The second kappa shape index (κ2) is 5.09. The molecule has 3 heterocycles. The number of hydrogen-bond donors (Lipinski definition) is 0. The molecule has 5 rings (SSSR count). The third-order valence-electron chi connectivity index (χ3n) is 5.75. The molecule has 4 nitrogen and oxygen atoms in total. The predicted molar refractivity (Wildman–Crippen MR) is 94.4 cm³/mol. The van der Waals surface area contributed by atoms with Gasteiger partial charge in [-0.25, -0.2) is 0 Å². The topological polar surface area (TPSA) is 46.6 Å². The number of Topliss-reactive ketones (excluding diaryl/α,β-unsaturated/α-hetero) is 1. The number of ether oxygens (including phenoxy) is 1. The Morgan fingerprint density at radius 2 is 2.00 bits per heavy atom. The molecule has 1 fully saturated rings. The molecule has 0 aliphatic carbocycles. The highest BCUT2D eigenvalue weighted by Crippen LogP contribution is 2.51. The maximum atomic E-state index is 13.5. The Morgan fingerprint density at radius 3 is 2.88 bits per heavy atom. The highest BCUT2D eigenvalue weighted by molar-refractivity contribution is 6.30. The van der Waals surface area contributed by atoms with E-state index in [-0.39, 0.29) is 11.8 Å². The van der Waals surface area contributed by atoms with Crippen LogP contribution in [0, 0.1) is 5.41 Å². The number of para-hydroxylation sites is 1. The first-order valence-electron chi connectivity index (χ1n) is 8.52. The second-order valence-electron chi connectivity index (χ2n) is 6.99. The van der Waals surface area contributed by atoms with Gasteiger partial charge in [-0.05, 0) is 48.7 Å². The van der Waals surface area contributed by atoms with Gasteiger partial charge in [0.2, 0.25) is 0 Å². The highest BCUT2D eigenvalue weighted by atomic mass is 35.5. The first-order valence-corrected chi connectivity index (χ1v) is 8.90. The molecule has 2 aromatic rings. The molecule has 0 N–H and O–H groups in total. The van der Waals surface area contributed by atoms with Crippen LogP contribution in [0.2, 0.25) is 5.02 Å². The van der Waals surface area contributed by atoms with Crippen LogP contribution in [-0.2, 0) is 11.2 Å². The van der Waals surface area contributed by atoms with Crippen LogP contribution in [0.4, 0.5) is 5.69 Å². The molecule has 0 aromatic heterocycles. The summed E-state index contributed by atoms with van der Waals surface area (Å²) in [5.41, 5.74) is 1.34. The summed E-state index contributed by atoms with van der Waals surface area (Å²) in [6.07, 6.45) is 2.11. The average Bonchev–Trinajstić information content (AvgIpc) is 3.10. The molecular formula is C20H16ClNO3. The number of carbonyl (C=O) groups excluding carboxylic acids is 2. The Morgan fingerprint density at radius 1 is 1.16 bits per heavy atom. The third-order valence-corrected chi connectivity index (χ3v) is 5.98. The molecule has 126 valence electrons. The second-order valence-corrected chi connectivity index (χ2v) is 7.42. The van der Waals surface area contributed by atoms with E-state index in [4.69, 9.17) is 16.3 Å². The van der Waals surface area contributed by atoms with Gasteiger partial charge in [0.1, 0.15) is 5.75 Å². The van der Waals surface area contributed by atoms with E-state index in [1.165, 1.54) is 0 Å². The van der Waals surface area contributed by atoms with Gasteiger partial charge in [-0.3, -0.25) is 9.59 Å². The van der Waals surface area contributed by atoms with Gasteiger partial charge in [-0.1, -0.05) is 23.7 Å². The lowest BCUT2D eigenvalue weighted by Gasteiger charge is -2.47. The van der Waals surface area contributed by atoms with E-state index in [0.717, 1.165) is 30.6 Å². The number of fused-ring (bicyclic) bond motifs is 5. The Hall–Kier alpha value is -2.33. The number of carbonyl (C=O) groups is 2. The minimum absolute atomic E-state index is 0.123. The van der Waals surface area contributed by atoms with Gasteiger partial charge in [-0.15, -0.1) is 0 Å². The molecule has 0 radical (unpaired) electrons. The largest absolute Gasteiger partial charge is 0.425 e. The monoisotopic (exact) mass is 353 g/mol. The molecular weight excluding hydrogens is 338 g/mol. The van der Waals surface area contributed by atoms with Gasteiger partial charge in [0.25, 0.3) is 0 Å². The van der Waals surface area contributed by atoms with Gasteiger partial charge < -0.3 is 9.64 Å². The smallest absolute Gasteiger partial charge is 0.327 e. The Kier molecular flexibility index (Phi) is 3.04. The zero-order chi connectivity index (χ0) is 17.2. The lowest BCUT2D eigenvalue weighted by Crippen LogP contribution is -2.61. The summed E-state index contributed by atoms with van der Waals surface area (Å²) in [7, 11) is 0. The molecule has 0 saturated carbocycles. The SMILES string of the molecule is O=C1Oc2ccccc2C(=O)[C@]12Cc1cc(Cl)ccc1N1CCC[C@@H]12. The highest BCUT2D eigenvalue weighted by Gasteiger charge is 2.61. The van der Waals surface area contributed by atoms with Crippen LogP contribution < -0.4 is 9.64 Å². The predicted octanol–water partition coefficient (Wildman–Crippen LogP) is 3.65. The Bertz CT molecular complexity index is 925. The van der Waals surface area contributed by atoms with Crippen LogP contribution in [0.25, 0.3) is 0 Å². The van der Waals surface area contributed by atoms with E-state index >= 15 is 0 Å². The molecule has 0 unspecified atom stereocenters. The summed E-state index contributed by atoms with van der Waals surface area (Å²) in [4.78, 5) is 28.8. The van der Waals surface area contributed by atoms with E-state index < -0.39 is 11.4 Å². The van der Waals surface area contributed by atoms with Crippen LogP contribution in [0.5, 0.6) is 5.75 Å². The van der Waals surface area contributed by atoms with Crippen molar-refractivity contribution < 1.29 is 14.3 Å². The summed E-state index contributed by atoms with van der Waals surface area (Å²) >= 11 is 6.18. The molecule has 1 spiro atoms. The van der Waals surface area contributed by atoms with E-state index in [9.17, 15) is 9.59 Å². The van der Waals surface area contributed by atoms with E-state index in [1.807, 2.05) is 24.3 Å². The van der Waals surface area contributed by atoms with Crippen molar-refractivity contribution in [2.24, 2.45) is 5.41 Å². The molecule has 1 saturated heterocycles. The van der Waals surface area contributed by atoms with E-state index in [1.54, 1.807) is 18.2 Å². The van der Waals surface area contributed by atoms with Gasteiger partial charge in [0.05, 0.1) is 11.6 Å². The van der Waals surface area contributed by atoms with Gasteiger partial charge in [-0.2, -0.15) is 0 Å². The first kappa shape index (κ1) is 15.0.